The van der Waals surface area contributed by atoms with Crippen molar-refractivity contribution in [3.8, 4) is 0 Å². The zero-order chi connectivity index (χ0) is 10.6. The smallest absolute Gasteiger partial charge is 0.123 e. The molecule has 1 rings (SSSR count). The van der Waals surface area contributed by atoms with Gasteiger partial charge < -0.3 is 4.90 Å². The molecule has 78 valence electrons. The normalized spacial score (nSPS) is 10.9. The molecule has 0 aliphatic carbocycles. The van der Waals surface area contributed by atoms with E-state index >= 15 is 0 Å². The highest BCUT2D eigenvalue weighted by Crippen LogP contribution is 2.12. The third-order valence-corrected chi connectivity index (χ3v) is 2.57. The molecule has 0 heterocycles. The highest BCUT2D eigenvalue weighted by Gasteiger charge is 2.03. The Balaban J connectivity index is 2.70. The average Bonchev–Trinajstić information content (AvgIpc) is 2.12. The number of nitrogens with zero attached hydrogens (tertiary/aromatic N) is 1. The number of halogens is 2. The summed E-state index contributed by atoms with van der Waals surface area (Å²) >= 11 is 3.38. The van der Waals surface area contributed by atoms with Gasteiger partial charge in [-0.2, -0.15) is 0 Å². The van der Waals surface area contributed by atoms with Gasteiger partial charge in [0.1, 0.15) is 5.82 Å². The molecule has 0 fully saturated rings. The summed E-state index contributed by atoms with van der Waals surface area (Å²) in [5.41, 5.74) is 2.21. The van der Waals surface area contributed by atoms with Crippen LogP contribution in [0.4, 0.5) is 4.39 Å². The fraction of sp³-hybridized carbons (Fsp3) is 0.455. The molecule has 1 aromatic carbocycles. The van der Waals surface area contributed by atoms with Crippen molar-refractivity contribution in [3.05, 3.63) is 35.1 Å². The molecule has 3 heteroatoms. The zero-order valence-corrected chi connectivity index (χ0v) is 10.1. The number of benzene rings is 1. The van der Waals surface area contributed by atoms with Crippen LogP contribution < -0.4 is 0 Å². The SMILES string of the molecule is Cc1ccc(F)cc1CN(C)CCBr. The molecule has 1 nitrogen and oxygen atoms in total. The van der Waals surface area contributed by atoms with Gasteiger partial charge in [0, 0.05) is 18.4 Å². The van der Waals surface area contributed by atoms with Gasteiger partial charge in [0.25, 0.3) is 0 Å². The molecule has 0 N–H and O–H groups in total. The van der Waals surface area contributed by atoms with Gasteiger partial charge in [-0.15, -0.1) is 0 Å². The van der Waals surface area contributed by atoms with Crippen LogP contribution in [0, 0.1) is 12.7 Å². The first-order valence-electron chi connectivity index (χ1n) is 4.63. The molecule has 0 aromatic heterocycles. The Hall–Kier alpha value is -0.410. The van der Waals surface area contributed by atoms with E-state index in [1.165, 1.54) is 6.07 Å². The second-order valence-corrected chi connectivity index (χ2v) is 4.29. The van der Waals surface area contributed by atoms with E-state index in [9.17, 15) is 4.39 Å². The van der Waals surface area contributed by atoms with Crippen LogP contribution in [-0.4, -0.2) is 23.8 Å². The quantitative estimate of drug-likeness (QED) is 0.752. The first kappa shape index (κ1) is 11.7. The van der Waals surface area contributed by atoms with Crippen LogP contribution in [0.25, 0.3) is 0 Å². The Morgan fingerprint density at radius 3 is 2.79 bits per heavy atom. The predicted octanol–water partition coefficient (Wildman–Crippen LogP) is 2.96. The van der Waals surface area contributed by atoms with Crippen molar-refractivity contribution >= 4 is 15.9 Å². The monoisotopic (exact) mass is 259 g/mol. The molecule has 0 unspecified atom stereocenters. The summed E-state index contributed by atoms with van der Waals surface area (Å²) in [5, 5.41) is 0.942. The van der Waals surface area contributed by atoms with E-state index in [4.69, 9.17) is 0 Å². The lowest BCUT2D eigenvalue weighted by Gasteiger charge is -2.16. The lowest BCUT2D eigenvalue weighted by atomic mass is 10.1. The first-order valence-corrected chi connectivity index (χ1v) is 5.75. The third kappa shape index (κ3) is 3.39. The van der Waals surface area contributed by atoms with Gasteiger partial charge in [0.05, 0.1) is 0 Å². The van der Waals surface area contributed by atoms with Crippen molar-refractivity contribution in [1.82, 2.24) is 4.90 Å². The van der Waals surface area contributed by atoms with Gasteiger partial charge in [-0.1, -0.05) is 22.0 Å². The first-order chi connectivity index (χ1) is 6.63. The maximum Gasteiger partial charge on any atom is 0.123 e. The van der Waals surface area contributed by atoms with E-state index in [-0.39, 0.29) is 5.82 Å². The Kier molecular flexibility index (Phi) is 4.55. The van der Waals surface area contributed by atoms with Gasteiger partial charge in [0.2, 0.25) is 0 Å². The summed E-state index contributed by atoms with van der Waals surface area (Å²) in [4.78, 5) is 2.16. The molecule has 0 radical (unpaired) electrons. The number of hydrogen-bond acceptors (Lipinski definition) is 1. The fourth-order valence-electron chi connectivity index (χ4n) is 1.32. The van der Waals surface area contributed by atoms with Gasteiger partial charge in [-0.3, -0.25) is 0 Å². The molecule has 0 atom stereocenters. The van der Waals surface area contributed by atoms with Crippen molar-refractivity contribution in [1.29, 1.82) is 0 Å². The summed E-state index contributed by atoms with van der Waals surface area (Å²) in [6.07, 6.45) is 0. The minimum Gasteiger partial charge on any atom is -0.301 e. The van der Waals surface area contributed by atoms with E-state index < -0.39 is 0 Å². The number of rotatable bonds is 4. The second kappa shape index (κ2) is 5.47. The second-order valence-electron chi connectivity index (χ2n) is 3.50. The van der Waals surface area contributed by atoms with Crippen molar-refractivity contribution in [3.63, 3.8) is 0 Å². The largest absolute Gasteiger partial charge is 0.301 e. The number of aryl methyl sites for hydroxylation is 1. The molecule has 0 saturated heterocycles. The standard InChI is InChI=1S/C11H15BrFN/c1-9-3-4-11(13)7-10(9)8-14(2)6-5-12/h3-4,7H,5-6,8H2,1-2H3. The average molecular weight is 260 g/mol. The molecular formula is C11H15BrFN. The van der Waals surface area contributed by atoms with E-state index in [1.807, 2.05) is 20.0 Å². The maximum absolute atomic E-state index is 13.0. The van der Waals surface area contributed by atoms with Crippen LogP contribution in [0.15, 0.2) is 18.2 Å². The van der Waals surface area contributed by atoms with Crippen LogP contribution in [0.2, 0.25) is 0 Å². The topological polar surface area (TPSA) is 3.24 Å². The highest BCUT2D eigenvalue weighted by molar-refractivity contribution is 9.09. The number of alkyl halides is 1. The van der Waals surface area contributed by atoms with E-state index in [0.717, 1.165) is 29.5 Å². The minimum absolute atomic E-state index is 0.155. The van der Waals surface area contributed by atoms with Gasteiger partial charge >= 0.3 is 0 Å². The molecule has 1 aromatic rings. The van der Waals surface area contributed by atoms with Crippen molar-refractivity contribution in [2.45, 2.75) is 13.5 Å². The summed E-state index contributed by atoms with van der Waals surface area (Å²) in [6.45, 7) is 3.78. The lowest BCUT2D eigenvalue weighted by Crippen LogP contribution is -2.20. The van der Waals surface area contributed by atoms with Crippen LogP contribution in [0.1, 0.15) is 11.1 Å². The molecule has 0 bridgehead atoms. The van der Waals surface area contributed by atoms with E-state index in [2.05, 4.69) is 20.8 Å². The molecule has 0 saturated carbocycles. The van der Waals surface area contributed by atoms with E-state index in [1.54, 1.807) is 6.07 Å². The molecular weight excluding hydrogens is 245 g/mol. The highest BCUT2D eigenvalue weighted by atomic mass is 79.9. The zero-order valence-electron chi connectivity index (χ0n) is 8.56. The Labute approximate surface area is 93.0 Å². The van der Waals surface area contributed by atoms with Crippen LogP contribution >= 0.6 is 15.9 Å². The number of hydrogen-bond donors (Lipinski definition) is 0. The molecule has 0 aliphatic rings. The van der Waals surface area contributed by atoms with Gasteiger partial charge in [-0.05, 0) is 37.2 Å². The van der Waals surface area contributed by atoms with Gasteiger partial charge in [0.15, 0.2) is 0 Å². The minimum atomic E-state index is -0.155. The molecule has 0 spiro atoms. The summed E-state index contributed by atoms with van der Waals surface area (Å²) < 4.78 is 13.0. The summed E-state index contributed by atoms with van der Waals surface area (Å²) in [7, 11) is 2.03. The van der Waals surface area contributed by atoms with E-state index in [0.29, 0.717) is 0 Å². The Morgan fingerprint density at radius 2 is 2.14 bits per heavy atom. The van der Waals surface area contributed by atoms with Gasteiger partial charge in [-0.25, -0.2) is 4.39 Å². The molecule has 0 amide bonds. The predicted molar refractivity (Wildman–Crippen MR) is 61.3 cm³/mol. The third-order valence-electron chi connectivity index (χ3n) is 2.22. The van der Waals surface area contributed by atoms with Crippen molar-refractivity contribution < 1.29 is 4.39 Å². The lowest BCUT2D eigenvalue weighted by molar-refractivity contribution is 0.348. The summed E-state index contributed by atoms with van der Waals surface area (Å²) in [6, 6.07) is 4.94. The van der Waals surface area contributed by atoms with Crippen molar-refractivity contribution in [2.75, 3.05) is 18.9 Å². The summed E-state index contributed by atoms with van der Waals surface area (Å²) in [5.74, 6) is -0.155. The maximum atomic E-state index is 13.0. The van der Waals surface area contributed by atoms with Crippen LogP contribution in [0.3, 0.4) is 0 Å². The molecule has 0 aliphatic heterocycles. The fourth-order valence-corrected chi connectivity index (χ4v) is 1.93. The van der Waals surface area contributed by atoms with Crippen LogP contribution in [-0.2, 0) is 6.54 Å². The van der Waals surface area contributed by atoms with Crippen molar-refractivity contribution in [2.24, 2.45) is 0 Å². The Bertz CT molecular complexity index is 301. The van der Waals surface area contributed by atoms with Crippen LogP contribution in [0.5, 0.6) is 0 Å². The Morgan fingerprint density at radius 1 is 1.43 bits per heavy atom. The molecule has 14 heavy (non-hydrogen) atoms.